The van der Waals surface area contributed by atoms with Crippen molar-refractivity contribution >= 4 is 54.7 Å². The van der Waals surface area contributed by atoms with Gasteiger partial charge in [0.2, 0.25) is 15.2 Å². The quantitative estimate of drug-likeness (QED) is 0.130. The molecule has 0 fully saturated rings. The fourth-order valence-electron chi connectivity index (χ4n) is 3.82. The normalized spacial score (nSPS) is 12.0. The van der Waals surface area contributed by atoms with Crippen LogP contribution in [0.5, 0.6) is 0 Å². The number of nitro groups is 1. The van der Waals surface area contributed by atoms with E-state index in [-0.39, 0.29) is 21.4 Å². The van der Waals surface area contributed by atoms with Gasteiger partial charge in [-0.25, -0.2) is 13.4 Å². The molecule has 0 unspecified atom stereocenters. The molecule has 0 saturated heterocycles. The van der Waals surface area contributed by atoms with Crippen LogP contribution in [-0.2, 0) is 10.0 Å². The summed E-state index contributed by atoms with van der Waals surface area (Å²) >= 11 is 1.25. The van der Waals surface area contributed by atoms with Crippen molar-refractivity contribution in [3.63, 3.8) is 0 Å². The van der Waals surface area contributed by atoms with Crippen LogP contribution >= 0.6 is 11.3 Å². The van der Waals surface area contributed by atoms with Crippen LogP contribution in [0.4, 0.5) is 11.0 Å². The van der Waals surface area contributed by atoms with Gasteiger partial charge in [0.1, 0.15) is 4.92 Å². The SMILES string of the molecule is CCCN(CCC)S(=O)(=O)c1ccc(C(=O)N(/N=C/c2ccc([N+](=O)[O-])o2)c2nc3ccc(C)cc3s2)cc1. The van der Waals surface area contributed by atoms with Crippen LogP contribution in [0.25, 0.3) is 10.2 Å². The number of sulfonamides is 1. The Kier molecular flexibility index (Phi) is 8.53. The largest absolute Gasteiger partial charge is 0.433 e. The molecule has 39 heavy (non-hydrogen) atoms. The first-order chi connectivity index (χ1) is 18.6. The number of hydrazone groups is 1. The zero-order chi connectivity index (χ0) is 28.2. The highest BCUT2D eigenvalue weighted by atomic mass is 32.2. The number of hydrogen-bond donors (Lipinski definition) is 0. The molecule has 2 aromatic heterocycles. The number of thiazole rings is 1. The van der Waals surface area contributed by atoms with Gasteiger partial charge >= 0.3 is 5.88 Å². The third-order valence-electron chi connectivity index (χ3n) is 5.68. The molecule has 1 amide bonds. The molecule has 0 aliphatic rings. The number of fused-ring (bicyclic) bond motifs is 1. The van der Waals surface area contributed by atoms with Crippen molar-refractivity contribution in [3.05, 3.63) is 81.6 Å². The topological polar surface area (TPSA) is 139 Å². The van der Waals surface area contributed by atoms with Crippen molar-refractivity contribution < 1.29 is 22.6 Å². The second-order valence-corrected chi connectivity index (χ2v) is 11.6. The Balaban J connectivity index is 1.69. The Hall–Kier alpha value is -3.94. The molecule has 0 N–H and O–H groups in total. The number of aromatic nitrogens is 1. The van der Waals surface area contributed by atoms with Crippen molar-refractivity contribution in [2.75, 3.05) is 18.1 Å². The van der Waals surface area contributed by atoms with Gasteiger partial charge in [-0.2, -0.15) is 14.4 Å². The average Bonchev–Trinajstić information content (AvgIpc) is 3.56. The number of aryl methyl sites for hydroxylation is 1. The van der Waals surface area contributed by atoms with Gasteiger partial charge in [-0.1, -0.05) is 31.3 Å². The van der Waals surface area contributed by atoms with Crippen molar-refractivity contribution in [1.29, 1.82) is 0 Å². The van der Waals surface area contributed by atoms with Crippen LogP contribution in [0.2, 0.25) is 0 Å². The summed E-state index contributed by atoms with van der Waals surface area (Å²) in [6, 6.07) is 13.9. The van der Waals surface area contributed by atoms with Crippen molar-refractivity contribution in [2.24, 2.45) is 5.10 Å². The van der Waals surface area contributed by atoms with Crippen molar-refractivity contribution in [3.8, 4) is 0 Å². The first-order valence-electron chi connectivity index (χ1n) is 12.2. The smallest absolute Gasteiger partial charge is 0.400 e. The molecule has 0 atom stereocenters. The molecular formula is C26H27N5O6S2. The predicted molar refractivity (Wildman–Crippen MR) is 150 cm³/mol. The summed E-state index contributed by atoms with van der Waals surface area (Å²) in [5.41, 5.74) is 1.89. The standard InChI is InChI=1S/C26H27N5O6S2/c1-4-14-29(15-5-2)39(35,36)21-10-7-19(8-11-21)25(32)30(27-17-20-9-13-24(37-20)31(33)34)26-28-22-12-6-18(3)16-23(22)38-26/h6-13,16-17H,4-5,14-15H2,1-3H3/b27-17+. The summed E-state index contributed by atoms with van der Waals surface area (Å²) < 4.78 is 33.7. The summed E-state index contributed by atoms with van der Waals surface area (Å²) in [4.78, 5) is 28.5. The number of carbonyl (C=O) groups excluding carboxylic acids is 1. The predicted octanol–water partition coefficient (Wildman–Crippen LogP) is 5.60. The lowest BCUT2D eigenvalue weighted by atomic mass is 10.2. The molecule has 0 bridgehead atoms. The zero-order valence-electron chi connectivity index (χ0n) is 21.6. The second-order valence-electron chi connectivity index (χ2n) is 8.69. The molecule has 0 saturated carbocycles. The van der Waals surface area contributed by atoms with E-state index in [1.165, 1.54) is 58.3 Å². The molecular weight excluding hydrogens is 542 g/mol. The molecule has 4 rings (SSSR count). The third kappa shape index (κ3) is 6.21. The third-order valence-corrected chi connectivity index (χ3v) is 8.59. The van der Waals surface area contributed by atoms with Gasteiger partial charge in [-0.15, -0.1) is 0 Å². The number of anilines is 1. The molecule has 11 nitrogen and oxygen atoms in total. The summed E-state index contributed by atoms with van der Waals surface area (Å²) in [7, 11) is -3.71. The number of benzene rings is 2. The molecule has 0 aliphatic carbocycles. The van der Waals surface area contributed by atoms with Crippen LogP contribution in [0, 0.1) is 17.0 Å². The van der Waals surface area contributed by atoms with Crippen molar-refractivity contribution in [1.82, 2.24) is 9.29 Å². The highest BCUT2D eigenvalue weighted by molar-refractivity contribution is 7.89. The number of furan rings is 1. The maximum atomic E-state index is 13.6. The number of amides is 1. The van der Waals surface area contributed by atoms with Gasteiger partial charge in [-0.3, -0.25) is 14.9 Å². The first kappa shape index (κ1) is 28.1. The minimum Gasteiger partial charge on any atom is -0.400 e. The Morgan fingerprint density at radius 2 is 1.79 bits per heavy atom. The fourth-order valence-corrected chi connectivity index (χ4v) is 6.46. The van der Waals surface area contributed by atoms with Gasteiger partial charge in [0.25, 0.3) is 5.91 Å². The Labute approximate surface area is 229 Å². The van der Waals surface area contributed by atoms with Gasteiger partial charge in [0, 0.05) is 18.7 Å². The van der Waals surface area contributed by atoms with E-state index in [1.807, 2.05) is 39.0 Å². The highest BCUT2D eigenvalue weighted by Gasteiger charge is 2.25. The van der Waals surface area contributed by atoms with Gasteiger partial charge < -0.3 is 4.42 Å². The van der Waals surface area contributed by atoms with E-state index in [1.54, 1.807) is 0 Å². The highest BCUT2D eigenvalue weighted by Crippen LogP contribution is 2.31. The average molecular weight is 570 g/mol. The minimum absolute atomic E-state index is 0.0739. The lowest BCUT2D eigenvalue weighted by Gasteiger charge is -2.21. The van der Waals surface area contributed by atoms with Crippen LogP contribution in [0.15, 0.2) is 69.0 Å². The summed E-state index contributed by atoms with van der Waals surface area (Å²) in [6.07, 6.45) is 2.56. The van der Waals surface area contributed by atoms with Crippen LogP contribution < -0.4 is 5.01 Å². The second kappa shape index (κ2) is 11.8. The van der Waals surface area contributed by atoms with E-state index in [9.17, 15) is 23.3 Å². The van der Waals surface area contributed by atoms with Gasteiger partial charge in [-0.05, 0) is 67.8 Å². The lowest BCUT2D eigenvalue weighted by Crippen LogP contribution is -2.32. The maximum absolute atomic E-state index is 13.6. The molecule has 2 heterocycles. The summed E-state index contributed by atoms with van der Waals surface area (Å²) in [6.45, 7) is 6.59. The molecule has 0 aliphatic heterocycles. The van der Waals surface area contributed by atoms with Crippen LogP contribution in [0.3, 0.4) is 0 Å². The molecule has 13 heteroatoms. The van der Waals surface area contributed by atoms with Gasteiger partial charge in [0.05, 0.1) is 27.4 Å². The molecule has 0 radical (unpaired) electrons. The maximum Gasteiger partial charge on any atom is 0.433 e. The minimum atomic E-state index is -3.71. The van der Waals surface area contributed by atoms with E-state index in [2.05, 4.69) is 10.1 Å². The number of rotatable bonds is 11. The first-order valence-corrected chi connectivity index (χ1v) is 14.5. The molecule has 204 valence electrons. The molecule has 4 aromatic rings. The Bertz CT molecular complexity index is 1620. The lowest BCUT2D eigenvalue weighted by molar-refractivity contribution is -0.402. The zero-order valence-corrected chi connectivity index (χ0v) is 23.2. The van der Waals surface area contributed by atoms with E-state index in [0.29, 0.717) is 31.4 Å². The number of hydrogen-bond acceptors (Lipinski definition) is 9. The van der Waals surface area contributed by atoms with Gasteiger partial charge in [0.15, 0.2) is 5.76 Å². The molecule has 2 aromatic carbocycles. The van der Waals surface area contributed by atoms with E-state index < -0.39 is 26.7 Å². The Morgan fingerprint density at radius 3 is 2.41 bits per heavy atom. The fraction of sp³-hybridized carbons (Fsp3) is 0.269. The summed E-state index contributed by atoms with van der Waals surface area (Å²) in [5.74, 6) is -0.947. The van der Waals surface area contributed by atoms with Crippen molar-refractivity contribution in [2.45, 2.75) is 38.5 Å². The van der Waals surface area contributed by atoms with Crippen LogP contribution in [0.1, 0.15) is 48.4 Å². The van der Waals surface area contributed by atoms with E-state index >= 15 is 0 Å². The number of nitrogens with zero attached hydrogens (tertiary/aromatic N) is 5. The Morgan fingerprint density at radius 1 is 1.10 bits per heavy atom. The van der Waals surface area contributed by atoms with E-state index in [4.69, 9.17) is 4.42 Å². The number of carbonyl (C=O) groups is 1. The summed E-state index contributed by atoms with van der Waals surface area (Å²) in [5, 5.41) is 16.5. The van der Waals surface area contributed by atoms with E-state index in [0.717, 1.165) is 15.3 Å². The monoisotopic (exact) mass is 569 g/mol. The van der Waals surface area contributed by atoms with Crippen LogP contribution in [-0.4, -0.2) is 47.8 Å². The molecule has 0 spiro atoms.